The van der Waals surface area contributed by atoms with Gasteiger partial charge in [0.05, 0.1) is 0 Å². The van der Waals surface area contributed by atoms with Gasteiger partial charge in [-0.3, -0.25) is 0 Å². The van der Waals surface area contributed by atoms with E-state index in [1.807, 2.05) is 0 Å². The van der Waals surface area contributed by atoms with Crippen molar-refractivity contribution in [3.8, 4) is 0 Å². The van der Waals surface area contributed by atoms with Crippen LogP contribution in [0.25, 0.3) is 0 Å². The van der Waals surface area contributed by atoms with Crippen LogP contribution in [0, 0.1) is 5.92 Å². The van der Waals surface area contributed by atoms with E-state index in [2.05, 4.69) is 19.1 Å². The van der Waals surface area contributed by atoms with Gasteiger partial charge in [0.2, 0.25) is 0 Å². The smallest absolute Gasteiger partial charge is 0.0234 e. The van der Waals surface area contributed by atoms with Crippen LogP contribution in [0.5, 0.6) is 0 Å². The Bertz CT molecular complexity index is 138. The van der Waals surface area contributed by atoms with Crippen molar-refractivity contribution in [3.05, 3.63) is 12.2 Å². The molecule has 0 N–H and O–H groups in total. The minimum atomic E-state index is 0.909. The molecule has 0 atom stereocenters. The summed E-state index contributed by atoms with van der Waals surface area (Å²) in [5.74, 6) is 0.909. The Labute approximate surface area is 89.8 Å². The number of unbranched alkanes of at least 4 members (excludes halogenated alkanes) is 2. The molecule has 0 radical (unpaired) electrons. The minimum absolute atomic E-state index is 0.909. The molecule has 0 spiro atoms. The Balaban J connectivity index is 2.16. The summed E-state index contributed by atoms with van der Waals surface area (Å²) in [6.45, 7) is 2.27. The first kappa shape index (κ1) is 11.8. The summed E-state index contributed by atoms with van der Waals surface area (Å²) in [5.41, 5.74) is 0. The molecule has 0 saturated heterocycles. The van der Waals surface area contributed by atoms with Crippen molar-refractivity contribution in [2.24, 2.45) is 5.92 Å². The van der Waals surface area contributed by atoms with Crippen molar-refractivity contribution in [1.29, 1.82) is 0 Å². The van der Waals surface area contributed by atoms with Gasteiger partial charge >= 0.3 is 0 Å². The van der Waals surface area contributed by atoms with Crippen molar-refractivity contribution in [2.45, 2.75) is 71.1 Å². The summed E-state index contributed by atoms with van der Waals surface area (Å²) in [5, 5.41) is 0. The van der Waals surface area contributed by atoms with Crippen LogP contribution in [0.4, 0.5) is 0 Å². The molecule has 14 heavy (non-hydrogen) atoms. The van der Waals surface area contributed by atoms with Crippen molar-refractivity contribution in [1.82, 2.24) is 0 Å². The van der Waals surface area contributed by atoms with Crippen LogP contribution in [0.3, 0.4) is 0 Å². The van der Waals surface area contributed by atoms with E-state index in [1.165, 1.54) is 64.2 Å². The molecule has 82 valence electrons. The van der Waals surface area contributed by atoms with Gasteiger partial charge in [-0.2, -0.15) is 0 Å². The van der Waals surface area contributed by atoms with Gasteiger partial charge in [-0.25, -0.2) is 0 Å². The second-order valence-electron chi connectivity index (χ2n) is 4.68. The maximum atomic E-state index is 2.50. The van der Waals surface area contributed by atoms with E-state index in [0.717, 1.165) is 5.92 Å². The van der Waals surface area contributed by atoms with Crippen LogP contribution < -0.4 is 0 Å². The molecule has 0 aromatic carbocycles. The Morgan fingerprint density at radius 1 is 1.00 bits per heavy atom. The number of hydrogen-bond donors (Lipinski definition) is 0. The number of allylic oxidation sites excluding steroid dienone is 2. The molecule has 0 aromatic rings. The lowest BCUT2D eigenvalue weighted by molar-refractivity contribution is 0.434. The van der Waals surface area contributed by atoms with Gasteiger partial charge in [0.25, 0.3) is 0 Å². The van der Waals surface area contributed by atoms with E-state index >= 15 is 0 Å². The third-order valence-electron chi connectivity index (χ3n) is 3.28. The zero-order chi connectivity index (χ0) is 10.1. The summed E-state index contributed by atoms with van der Waals surface area (Å²) in [6, 6.07) is 0. The molecule has 0 heterocycles. The molecule has 1 fully saturated rings. The van der Waals surface area contributed by atoms with Gasteiger partial charge in [-0.05, 0) is 25.2 Å². The lowest BCUT2D eigenvalue weighted by atomic mass is 9.91. The molecular weight excluding hydrogens is 168 g/mol. The molecule has 1 aliphatic carbocycles. The van der Waals surface area contributed by atoms with Gasteiger partial charge in [-0.1, -0.05) is 64.0 Å². The summed E-state index contributed by atoms with van der Waals surface area (Å²) in [4.78, 5) is 0. The SMILES string of the molecule is CCCCC=CC1CCCCCCC1. The van der Waals surface area contributed by atoms with Crippen molar-refractivity contribution < 1.29 is 0 Å². The highest BCUT2D eigenvalue weighted by molar-refractivity contribution is 4.88. The average Bonchev–Trinajstić information content (AvgIpc) is 2.15. The molecule has 0 amide bonds. The Morgan fingerprint density at radius 2 is 1.64 bits per heavy atom. The fourth-order valence-electron chi connectivity index (χ4n) is 2.29. The minimum Gasteiger partial charge on any atom is -0.0883 e. The molecule has 1 saturated carbocycles. The highest BCUT2D eigenvalue weighted by atomic mass is 14.1. The first-order valence-corrected chi connectivity index (χ1v) is 6.60. The van der Waals surface area contributed by atoms with Gasteiger partial charge < -0.3 is 0 Å². The fraction of sp³-hybridized carbons (Fsp3) is 0.857. The van der Waals surface area contributed by atoms with E-state index < -0.39 is 0 Å². The maximum Gasteiger partial charge on any atom is -0.0234 e. The maximum absolute atomic E-state index is 2.50. The van der Waals surface area contributed by atoms with Crippen LogP contribution in [0.1, 0.15) is 71.1 Å². The average molecular weight is 194 g/mol. The third-order valence-corrected chi connectivity index (χ3v) is 3.28. The van der Waals surface area contributed by atoms with Crippen LogP contribution in [-0.4, -0.2) is 0 Å². The Kier molecular flexibility index (Phi) is 6.82. The molecule has 0 heteroatoms. The lowest BCUT2D eigenvalue weighted by Gasteiger charge is -2.15. The van der Waals surface area contributed by atoms with E-state index in [0.29, 0.717) is 0 Å². The molecule has 0 aromatic heterocycles. The zero-order valence-electron chi connectivity index (χ0n) is 9.80. The number of rotatable bonds is 4. The molecule has 1 aliphatic rings. The van der Waals surface area contributed by atoms with E-state index in [4.69, 9.17) is 0 Å². The highest BCUT2D eigenvalue weighted by Gasteiger charge is 2.07. The van der Waals surface area contributed by atoms with Crippen LogP contribution in [0.2, 0.25) is 0 Å². The first-order valence-electron chi connectivity index (χ1n) is 6.60. The Morgan fingerprint density at radius 3 is 2.29 bits per heavy atom. The normalized spacial score (nSPS) is 20.9. The summed E-state index contributed by atoms with van der Waals surface area (Å²) < 4.78 is 0. The van der Waals surface area contributed by atoms with Gasteiger partial charge in [0.15, 0.2) is 0 Å². The standard InChI is InChI=1S/C14H26/c1-2-3-4-8-11-14-12-9-6-5-7-10-13-14/h8,11,14H,2-7,9-10,12-13H2,1H3. The van der Waals surface area contributed by atoms with Gasteiger partial charge in [-0.15, -0.1) is 0 Å². The van der Waals surface area contributed by atoms with Gasteiger partial charge in [0.1, 0.15) is 0 Å². The predicted molar refractivity (Wildman–Crippen MR) is 64.5 cm³/mol. The molecular formula is C14H26. The van der Waals surface area contributed by atoms with Crippen molar-refractivity contribution >= 4 is 0 Å². The number of hydrogen-bond acceptors (Lipinski definition) is 0. The molecule has 0 nitrogen and oxygen atoms in total. The second kappa shape index (κ2) is 8.08. The van der Waals surface area contributed by atoms with Crippen molar-refractivity contribution in [2.75, 3.05) is 0 Å². The zero-order valence-corrected chi connectivity index (χ0v) is 9.80. The molecule has 0 unspecified atom stereocenters. The largest absolute Gasteiger partial charge is 0.0883 e. The first-order chi connectivity index (χ1) is 6.93. The second-order valence-corrected chi connectivity index (χ2v) is 4.68. The van der Waals surface area contributed by atoms with E-state index in [-0.39, 0.29) is 0 Å². The van der Waals surface area contributed by atoms with Gasteiger partial charge in [0, 0.05) is 0 Å². The topological polar surface area (TPSA) is 0 Å². The third kappa shape index (κ3) is 5.47. The van der Waals surface area contributed by atoms with E-state index in [9.17, 15) is 0 Å². The summed E-state index contributed by atoms with van der Waals surface area (Å²) in [6.07, 6.45) is 19.2. The van der Waals surface area contributed by atoms with Crippen LogP contribution in [0.15, 0.2) is 12.2 Å². The quantitative estimate of drug-likeness (QED) is 0.432. The monoisotopic (exact) mass is 194 g/mol. The molecule has 0 aliphatic heterocycles. The molecule has 0 bridgehead atoms. The lowest BCUT2D eigenvalue weighted by Crippen LogP contribution is -2.00. The molecule has 1 rings (SSSR count). The predicted octanol–water partition coefficient (Wildman–Crippen LogP) is 5.09. The Hall–Kier alpha value is -0.260. The van der Waals surface area contributed by atoms with Crippen LogP contribution >= 0.6 is 0 Å². The summed E-state index contributed by atoms with van der Waals surface area (Å²) >= 11 is 0. The highest BCUT2D eigenvalue weighted by Crippen LogP contribution is 2.23. The van der Waals surface area contributed by atoms with Crippen molar-refractivity contribution in [3.63, 3.8) is 0 Å². The van der Waals surface area contributed by atoms with E-state index in [1.54, 1.807) is 0 Å². The fourth-order valence-corrected chi connectivity index (χ4v) is 2.29. The van der Waals surface area contributed by atoms with Crippen LogP contribution in [-0.2, 0) is 0 Å². The summed E-state index contributed by atoms with van der Waals surface area (Å²) in [7, 11) is 0.